The van der Waals surface area contributed by atoms with Crippen LogP contribution in [0.5, 0.6) is 0 Å². The Labute approximate surface area is 115 Å². The predicted octanol–water partition coefficient (Wildman–Crippen LogP) is 3.15. The molecule has 0 radical (unpaired) electrons. The first-order chi connectivity index (χ1) is 9.06. The van der Waals surface area contributed by atoms with Gasteiger partial charge in [0.2, 0.25) is 0 Å². The van der Waals surface area contributed by atoms with Gasteiger partial charge in [-0.25, -0.2) is 4.39 Å². The average Bonchev–Trinajstić information content (AvgIpc) is 2.38. The summed E-state index contributed by atoms with van der Waals surface area (Å²) in [5.74, 6) is -0.578. The number of carbonyl (C=O) groups excluding carboxylic acids is 1. The van der Waals surface area contributed by atoms with E-state index in [1.807, 2.05) is 0 Å². The third-order valence-corrected chi connectivity index (χ3v) is 2.83. The molecule has 5 heteroatoms. The minimum absolute atomic E-state index is 0.258. The van der Waals surface area contributed by atoms with Gasteiger partial charge in [-0.05, 0) is 29.8 Å². The van der Waals surface area contributed by atoms with Gasteiger partial charge in [-0.3, -0.25) is 9.78 Å². The Morgan fingerprint density at radius 3 is 2.84 bits per heavy atom. The monoisotopic (exact) mass is 278 g/mol. The van der Waals surface area contributed by atoms with Crippen molar-refractivity contribution in [3.05, 3.63) is 64.7 Å². The van der Waals surface area contributed by atoms with Gasteiger partial charge in [-0.15, -0.1) is 0 Å². The first-order valence-electron chi connectivity index (χ1n) is 5.68. The number of amides is 1. The van der Waals surface area contributed by atoms with Crippen LogP contribution in [0.1, 0.15) is 16.1 Å². The second kappa shape index (κ2) is 5.80. The molecule has 1 amide bonds. The Kier molecular flexibility index (Phi) is 4.12. The van der Waals surface area contributed by atoms with Crippen LogP contribution in [0, 0.1) is 5.82 Å². The lowest BCUT2D eigenvalue weighted by Gasteiger charge is -2.16. The molecule has 3 nitrogen and oxygen atoms in total. The SMILES string of the molecule is CN(Cc1cccc(F)c1)C(=O)c1cc(Cl)ccn1. The Morgan fingerprint density at radius 1 is 1.37 bits per heavy atom. The molecule has 1 aromatic carbocycles. The van der Waals surface area contributed by atoms with Crippen molar-refractivity contribution in [1.82, 2.24) is 9.88 Å². The highest BCUT2D eigenvalue weighted by Crippen LogP contribution is 2.12. The minimum Gasteiger partial charge on any atom is -0.336 e. The van der Waals surface area contributed by atoms with Gasteiger partial charge in [0, 0.05) is 24.8 Å². The van der Waals surface area contributed by atoms with E-state index in [-0.39, 0.29) is 17.4 Å². The molecular formula is C14H12ClFN2O. The summed E-state index contributed by atoms with van der Waals surface area (Å²) in [7, 11) is 1.63. The Morgan fingerprint density at radius 2 is 2.16 bits per heavy atom. The maximum atomic E-state index is 13.1. The van der Waals surface area contributed by atoms with Crippen LogP contribution in [0.15, 0.2) is 42.6 Å². The van der Waals surface area contributed by atoms with Crippen molar-refractivity contribution in [3.63, 3.8) is 0 Å². The van der Waals surface area contributed by atoms with E-state index in [1.54, 1.807) is 25.2 Å². The maximum absolute atomic E-state index is 13.1. The zero-order valence-electron chi connectivity index (χ0n) is 10.3. The number of hydrogen-bond acceptors (Lipinski definition) is 2. The molecule has 19 heavy (non-hydrogen) atoms. The van der Waals surface area contributed by atoms with E-state index in [2.05, 4.69) is 4.98 Å². The van der Waals surface area contributed by atoms with Crippen molar-refractivity contribution in [2.24, 2.45) is 0 Å². The van der Waals surface area contributed by atoms with Gasteiger partial charge in [0.1, 0.15) is 11.5 Å². The molecule has 0 aliphatic rings. The molecule has 0 N–H and O–H groups in total. The van der Waals surface area contributed by atoms with Crippen LogP contribution in [-0.2, 0) is 6.54 Å². The Bertz CT molecular complexity index is 604. The highest BCUT2D eigenvalue weighted by Gasteiger charge is 2.13. The number of hydrogen-bond donors (Lipinski definition) is 0. The molecule has 0 spiro atoms. The van der Waals surface area contributed by atoms with Gasteiger partial charge in [-0.1, -0.05) is 23.7 Å². The molecule has 0 aliphatic heterocycles. The predicted molar refractivity (Wildman–Crippen MR) is 71.4 cm³/mol. The standard InChI is InChI=1S/C14H12ClFN2O/c1-18(9-10-3-2-4-12(16)7-10)14(19)13-8-11(15)5-6-17-13/h2-8H,9H2,1H3. The third-order valence-electron chi connectivity index (χ3n) is 2.60. The lowest BCUT2D eigenvalue weighted by atomic mass is 10.2. The van der Waals surface area contributed by atoms with Crippen LogP contribution < -0.4 is 0 Å². The van der Waals surface area contributed by atoms with Crippen LogP contribution in [0.2, 0.25) is 5.02 Å². The van der Waals surface area contributed by atoms with Gasteiger partial charge >= 0.3 is 0 Å². The molecule has 0 atom stereocenters. The number of benzene rings is 1. The maximum Gasteiger partial charge on any atom is 0.272 e. The van der Waals surface area contributed by atoms with Crippen LogP contribution in [-0.4, -0.2) is 22.8 Å². The van der Waals surface area contributed by atoms with Gasteiger partial charge in [0.15, 0.2) is 0 Å². The van der Waals surface area contributed by atoms with Crippen molar-refractivity contribution in [1.29, 1.82) is 0 Å². The van der Waals surface area contributed by atoms with Crippen molar-refractivity contribution in [2.75, 3.05) is 7.05 Å². The van der Waals surface area contributed by atoms with Crippen LogP contribution >= 0.6 is 11.6 Å². The zero-order valence-corrected chi connectivity index (χ0v) is 11.1. The summed E-state index contributed by atoms with van der Waals surface area (Å²) >= 11 is 5.81. The highest BCUT2D eigenvalue weighted by molar-refractivity contribution is 6.30. The minimum atomic E-state index is -0.320. The lowest BCUT2D eigenvalue weighted by molar-refractivity contribution is 0.0779. The van der Waals surface area contributed by atoms with E-state index in [4.69, 9.17) is 11.6 Å². The normalized spacial score (nSPS) is 10.3. The molecule has 98 valence electrons. The van der Waals surface area contributed by atoms with Crippen molar-refractivity contribution < 1.29 is 9.18 Å². The fourth-order valence-corrected chi connectivity index (χ4v) is 1.86. The van der Waals surface area contributed by atoms with E-state index < -0.39 is 0 Å². The molecule has 0 unspecified atom stereocenters. The molecule has 2 aromatic rings. The highest BCUT2D eigenvalue weighted by atomic mass is 35.5. The van der Waals surface area contributed by atoms with Crippen LogP contribution in [0.25, 0.3) is 0 Å². The summed E-state index contributed by atoms with van der Waals surface area (Å²) in [6, 6.07) is 9.24. The number of pyridine rings is 1. The summed E-state index contributed by atoms with van der Waals surface area (Å²) in [6.45, 7) is 0.310. The quantitative estimate of drug-likeness (QED) is 0.864. The first kappa shape index (κ1) is 13.5. The topological polar surface area (TPSA) is 33.2 Å². The second-order valence-corrected chi connectivity index (χ2v) is 4.59. The van der Waals surface area contributed by atoms with Crippen LogP contribution in [0.4, 0.5) is 4.39 Å². The fourth-order valence-electron chi connectivity index (χ4n) is 1.70. The lowest BCUT2D eigenvalue weighted by Crippen LogP contribution is -2.27. The zero-order chi connectivity index (χ0) is 13.8. The molecule has 0 saturated carbocycles. The van der Waals surface area contributed by atoms with Gasteiger partial charge in [0.25, 0.3) is 5.91 Å². The third kappa shape index (κ3) is 3.51. The van der Waals surface area contributed by atoms with E-state index in [9.17, 15) is 9.18 Å². The van der Waals surface area contributed by atoms with Crippen molar-refractivity contribution in [3.8, 4) is 0 Å². The number of aromatic nitrogens is 1. The number of nitrogens with zero attached hydrogens (tertiary/aromatic N) is 2. The van der Waals surface area contributed by atoms with Crippen molar-refractivity contribution >= 4 is 17.5 Å². The summed E-state index contributed by atoms with van der Waals surface area (Å²) in [4.78, 5) is 17.5. The molecule has 0 fully saturated rings. The Balaban J connectivity index is 2.12. The summed E-state index contributed by atoms with van der Waals surface area (Å²) in [5, 5.41) is 0.456. The molecule has 1 aromatic heterocycles. The molecule has 0 bridgehead atoms. The second-order valence-electron chi connectivity index (χ2n) is 4.15. The molecule has 1 heterocycles. The largest absolute Gasteiger partial charge is 0.336 e. The number of carbonyl (C=O) groups is 1. The summed E-state index contributed by atoms with van der Waals surface area (Å²) in [5.41, 5.74) is 0.990. The van der Waals surface area contributed by atoms with Gasteiger partial charge in [-0.2, -0.15) is 0 Å². The number of rotatable bonds is 3. The smallest absolute Gasteiger partial charge is 0.272 e. The van der Waals surface area contributed by atoms with Crippen LogP contribution in [0.3, 0.4) is 0 Å². The van der Waals surface area contributed by atoms with Crippen molar-refractivity contribution in [2.45, 2.75) is 6.54 Å². The summed E-state index contributed by atoms with van der Waals surface area (Å²) in [6.07, 6.45) is 1.48. The van der Waals surface area contributed by atoms with Gasteiger partial charge < -0.3 is 4.90 Å². The van der Waals surface area contributed by atoms with E-state index in [0.29, 0.717) is 11.6 Å². The molecule has 0 saturated heterocycles. The first-order valence-corrected chi connectivity index (χ1v) is 6.05. The van der Waals surface area contributed by atoms with Gasteiger partial charge in [0.05, 0.1) is 0 Å². The number of halogens is 2. The molecule has 0 aliphatic carbocycles. The fraction of sp³-hybridized carbons (Fsp3) is 0.143. The summed E-state index contributed by atoms with van der Waals surface area (Å²) < 4.78 is 13.1. The van der Waals surface area contributed by atoms with E-state index in [1.165, 1.54) is 29.3 Å². The molecule has 2 rings (SSSR count). The van der Waals surface area contributed by atoms with E-state index >= 15 is 0 Å². The van der Waals surface area contributed by atoms with E-state index in [0.717, 1.165) is 5.56 Å². The Hall–Kier alpha value is -1.94. The molecular weight excluding hydrogens is 267 g/mol. The average molecular weight is 279 g/mol.